The van der Waals surface area contributed by atoms with Crippen LogP contribution >= 0.6 is 0 Å². The van der Waals surface area contributed by atoms with Crippen LogP contribution in [0, 0.1) is 6.92 Å². The number of nitrogens with one attached hydrogen (secondary N) is 1. The molecule has 0 unspecified atom stereocenters. The topological polar surface area (TPSA) is 58.6 Å². The third-order valence-electron chi connectivity index (χ3n) is 3.76. The molecule has 0 aromatic heterocycles. The van der Waals surface area contributed by atoms with E-state index in [4.69, 9.17) is 4.74 Å². The van der Waals surface area contributed by atoms with E-state index in [0.717, 1.165) is 6.42 Å². The van der Waals surface area contributed by atoms with Gasteiger partial charge in [-0.2, -0.15) is 0 Å². The van der Waals surface area contributed by atoms with Gasteiger partial charge in [-0.15, -0.1) is 0 Å². The first-order chi connectivity index (χ1) is 9.57. The Morgan fingerprint density at radius 3 is 2.85 bits per heavy atom. The molecule has 0 atom stereocenters. The molecule has 0 radical (unpaired) electrons. The number of ether oxygens (including phenoxy) is 1. The Balaban J connectivity index is 1.72. The minimum absolute atomic E-state index is 0.00794. The highest BCUT2D eigenvalue weighted by molar-refractivity contribution is 5.76. The maximum atomic E-state index is 11.8. The van der Waals surface area contributed by atoms with Crippen molar-refractivity contribution in [2.24, 2.45) is 0 Å². The smallest absolute Gasteiger partial charge is 0.220 e. The summed E-state index contributed by atoms with van der Waals surface area (Å²) in [4.78, 5) is 11.8. The number of benzene rings is 1. The Labute approximate surface area is 120 Å². The van der Waals surface area contributed by atoms with Gasteiger partial charge in [0.15, 0.2) is 0 Å². The van der Waals surface area contributed by atoms with Crippen molar-refractivity contribution < 1.29 is 14.6 Å². The fourth-order valence-electron chi connectivity index (χ4n) is 2.41. The molecular formula is C16H23NO3. The zero-order valence-corrected chi connectivity index (χ0v) is 12.0. The van der Waals surface area contributed by atoms with E-state index in [2.05, 4.69) is 11.4 Å². The van der Waals surface area contributed by atoms with Crippen LogP contribution < -0.4 is 5.32 Å². The van der Waals surface area contributed by atoms with Crippen molar-refractivity contribution in [3.8, 4) is 0 Å². The summed E-state index contributed by atoms with van der Waals surface area (Å²) in [5.74, 6) is -0.00794. The maximum Gasteiger partial charge on any atom is 0.220 e. The molecule has 1 aromatic carbocycles. The molecular weight excluding hydrogens is 254 g/mol. The van der Waals surface area contributed by atoms with Gasteiger partial charge in [0.05, 0.1) is 5.60 Å². The Kier molecular flexibility index (Phi) is 5.15. The molecule has 1 amide bonds. The van der Waals surface area contributed by atoms with E-state index in [1.165, 1.54) is 11.1 Å². The van der Waals surface area contributed by atoms with Crippen LogP contribution in [0.1, 0.15) is 30.4 Å². The van der Waals surface area contributed by atoms with Crippen LogP contribution in [-0.2, 0) is 16.0 Å². The molecule has 1 heterocycles. The average Bonchev–Trinajstić information content (AvgIpc) is 2.44. The largest absolute Gasteiger partial charge is 0.388 e. The molecule has 0 bridgehead atoms. The van der Waals surface area contributed by atoms with Gasteiger partial charge in [0, 0.05) is 39.0 Å². The Bertz CT molecular complexity index is 453. The average molecular weight is 277 g/mol. The summed E-state index contributed by atoms with van der Waals surface area (Å²) in [7, 11) is 0. The highest BCUT2D eigenvalue weighted by Crippen LogP contribution is 2.19. The zero-order chi connectivity index (χ0) is 14.4. The molecule has 1 fully saturated rings. The summed E-state index contributed by atoms with van der Waals surface area (Å²) in [6, 6.07) is 8.18. The quantitative estimate of drug-likeness (QED) is 0.859. The Morgan fingerprint density at radius 2 is 2.15 bits per heavy atom. The van der Waals surface area contributed by atoms with E-state index in [1.807, 2.05) is 25.1 Å². The molecule has 0 aliphatic carbocycles. The fourth-order valence-corrected chi connectivity index (χ4v) is 2.41. The minimum Gasteiger partial charge on any atom is -0.388 e. The van der Waals surface area contributed by atoms with Crippen LogP contribution in [0.25, 0.3) is 0 Å². The molecule has 2 rings (SSSR count). The maximum absolute atomic E-state index is 11.8. The van der Waals surface area contributed by atoms with Gasteiger partial charge in [0.2, 0.25) is 5.91 Å². The number of aliphatic hydroxyl groups is 1. The number of carbonyl (C=O) groups is 1. The Hall–Kier alpha value is -1.39. The van der Waals surface area contributed by atoms with Crippen LogP contribution in [-0.4, -0.2) is 36.4 Å². The lowest BCUT2D eigenvalue weighted by Crippen LogP contribution is -2.46. The second-order valence-corrected chi connectivity index (χ2v) is 5.60. The minimum atomic E-state index is -0.794. The first kappa shape index (κ1) is 15.0. The summed E-state index contributed by atoms with van der Waals surface area (Å²) >= 11 is 0. The van der Waals surface area contributed by atoms with Crippen molar-refractivity contribution in [1.82, 2.24) is 5.32 Å². The molecule has 1 aliphatic rings. The molecule has 110 valence electrons. The molecule has 4 nitrogen and oxygen atoms in total. The van der Waals surface area contributed by atoms with Crippen LogP contribution in [0.4, 0.5) is 0 Å². The van der Waals surface area contributed by atoms with Gasteiger partial charge in [-0.1, -0.05) is 29.8 Å². The summed E-state index contributed by atoms with van der Waals surface area (Å²) in [5.41, 5.74) is 1.58. The van der Waals surface area contributed by atoms with Crippen LogP contribution in [0.15, 0.2) is 24.3 Å². The Morgan fingerprint density at radius 1 is 1.40 bits per heavy atom. The van der Waals surface area contributed by atoms with Gasteiger partial charge in [-0.3, -0.25) is 4.79 Å². The highest BCUT2D eigenvalue weighted by atomic mass is 16.5. The number of aryl methyl sites for hydroxylation is 2. The van der Waals surface area contributed by atoms with Gasteiger partial charge in [-0.25, -0.2) is 0 Å². The summed E-state index contributed by atoms with van der Waals surface area (Å²) < 4.78 is 5.22. The van der Waals surface area contributed by atoms with Crippen molar-refractivity contribution in [3.63, 3.8) is 0 Å². The van der Waals surface area contributed by atoms with Crippen molar-refractivity contribution >= 4 is 5.91 Å². The molecule has 2 N–H and O–H groups in total. The number of rotatable bonds is 5. The monoisotopic (exact) mass is 277 g/mol. The van der Waals surface area contributed by atoms with Gasteiger partial charge in [0.1, 0.15) is 0 Å². The third-order valence-corrected chi connectivity index (χ3v) is 3.76. The lowest BCUT2D eigenvalue weighted by atomic mass is 9.94. The molecule has 1 aliphatic heterocycles. The summed E-state index contributed by atoms with van der Waals surface area (Å²) in [6.45, 7) is 3.50. The van der Waals surface area contributed by atoms with Crippen molar-refractivity contribution in [3.05, 3.63) is 35.4 Å². The van der Waals surface area contributed by atoms with Gasteiger partial charge < -0.3 is 15.2 Å². The fraction of sp³-hybridized carbons (Fsp3) is 0.562. The van der Waals surface area contributed by atoms with Crippen LogP contribution in [0.3, 0.4) is 0 Å². The lowest BCUT2D eigenvalue weighted by molar-refractivity contribution is -0.123. The SMILES string of the molecule is Cc1cccc(CCC(=O)NCC2(O)CCOCC2)c1. The van der Waals surface area contributed by atoms with E-state index in [0.29, 0.717) is 39.0 Å². The van der Waals surface area contributed by atoms with Crippen molar-refractivity contribution in [2.75, 3.05) is 19.8 Å². The lowest BCUT2D eigenvalue weighted by Gasteiger charge is -2.32. The normalized spacial score (nSPS) is 17.7. The van der Waals surface area contributed by atoms with E-state index >= 15 is 0 Å². The van der Waals surface area contributed by atoms with E-state index in [9.17, 15) is 9.90 Å². The van der Waals surface area contributed by atoms with E-state index in [-0.39, 0.29) is 5.91 Å². The number of carbonyl (C=O) groups excluding carboxylic acids is 1. The van der Waals surface area contributed by atoms with Crippen LogP contribution in [0.5, 0.6) is 0 Å². The molecule has 20 heavy (non-hydrogen) atoms. The molecule has 4 heteroatoms. The first-order valence-corrected chi connectivity index (χ1v) is 7.20. The number of hydrogen-bond donors (Lipinski definition) is 2. The first-order valence-electron chi connectivity index (χ1n) is 7.20. The standard InChI is InChI=1S/C16H23NO3/c1-13-3-2-4-14(11-13)5-6-15(18)17-12-16(19)7-9-20-10-8-16/h2-4,11,19H,5-10,12H2,1H3,(H,17,18). The summed E-state index contributed by atoms with van der Waals surface area (Å²) in [5, 5.41) is 13.1. The van der Waals surface area contributed by atoms with E-state index in [1.54, 1.807) is 0 Å². The third kappa shape index (κ3) is 4.62. The van der Waals surface area contributed by atoms with Crippen molar-refractivity contribution in [2.45, 2.75) is 38.2 Å². The van der Waals surface area contributed by atoms with Gasteiger partial charge in [0.25, 0.3) is 0 Å². The summed E-state index contributed by atoms with van der Waals surface area (Å²) in [6.07, 6.45) is 2.36. The second kappa shape index (κ2) is 6.86. The zero-order valence-electron chi connectivity index (χ0n) is 12.0. The molecule has 1 saturated heterocycles. The molecule has 0 saturated carbocycles. The predicted octanol–water partition coefficient (Wildman–Crippen LogP) is 1.59. The number of hydrogen-bond acceptors (Lipinski definition) is 3. The number of amides is 1. The highest BCUT2D eigenvalue weighted by Gasteiger charge is 2.29. The van der Waals surface area contributed by atoms with Crippen LogP contribution in [0.2, 0.25) is 0 Å². The van der Waals surface area contributed by atoms with Gasteiger partial charge in [-0.05, 0) is 18.9 Å². The predicted molar refractivity (Wildman–Crippen MR) is 77.5 cm³/mol. The van der Waals surface area contributed by atoms with Gasteiger partial charge >= 0.3 is 0 Å². The van der Waals surface area contributed by atoms with Crippen molar-refractivity contribution in [1.29, 1.82) is 0 Å². The molecule has 0 spiro atoms. The molecule has 1 aromatic rings. The second-order valence-electron chi connectivity index (χ2n) is 5.60. The van der Waals surface area contributed by atoms with E-state index < -0.39 is 5.60 Å².